The number of aromatic nitrogens is 1. The third-order valence-corrected chi connectivity index (χ3v) is 6.20. The second kappa shape index (κ2) is 6.96. The largest absolute Gasteiger partial charge is 0.456 e. The summed E-state index contributed by atoms with van der Waals surface area (Å²) in [6, 6.07) is 22.7. The summed E-state index contributed by atoms with van der Waals surface area (Å²) in [6.07, 6.45) is 6.77. The molecule has 0 spiro atoms. The molecule has 0 fully saturated rings. The summed E-state index contributed by atoms with van der Waals surface area (Å²) in [6.45, 7) is 2.25. The molecule has 5 aromatic rings. The molecule has 2 unspecified atom stereocenters. The summed E-state index contributed by atoms with van der Waals surface area (Å²) in [7, 11) is 0. The Labute approximate surface area is 180 Å². The lowest BCUT2D eigenvalue weighted by Crippen LogP contribution is -2.19. The maximum Gasteiger partial charge on any atom is 0.177 e. The van der Waals surface area contributed by atoms with E-state index in [1.54, 1.807) is 0 Å². The van der Waals surface area contributed by atoms with Crippen molar-refractivity contribution in [3.8, 4) is 0 Å². The first-order chi connectivity index (χ1) is 15.2. The smallest absolute Gasteiger partial charge is 0.177 e. The Morgan fingerprint density at radius 1 is 1.00 bits per heavy atom. The van der Waals surface area contributed by atoms with Crippen molar-refractivity contribution in [1.82, 2.24) is 4.57 Å². The van der Waals surface area contributed by atoms with E-state index in [0.29, 0.717) is 5.92 Å². The highest BCUT2D eigenvalue weighted by molar-refractivity contribution is 6.10. The maximum absolute atomic E-state index is 6.63. The van der Waals surface area contributed by atoms with Crippen LogP contribution < -0.4 is 5.73 Å². The molecule has 1 aliphatic carbocycles. The fourth-order valence-electron chi connectivity index (χ4n) is 4.71. The number of para-hydroxylation sites is 1. The van der Waals surface area contributed by atoms with Gasteiger partial charge in [0.25, 0.3) is 0 Å². The number of furan rings is 1. The Morgan fingerprint density at radius 2 is 1.81 bits per heavy atom. The molecular formula is C27H23N3O. The van der Waals surface area contributed by atoms with Crippen LogP contribution in [-0.2, 0) is 6.42 Å². The molecule has 0 amide bonds. The van der Waals surface area contributed by atoms with Crippen LogP contribution in [0.1, 0.15) is 30.0 Å². The first kappa shape index (κ1) is 18.2. The van der Waals surface area contributed by atoms with Crippen molar-refractivity contribution < 1.29 is 4.42 Å². The molecule has 0 radical (unpaired) electrons. The standard InChI is InChI=1S/C27H23N3O/c1-17-11-12-23-20(13-17)21-14-22-19-9-5-6-10-25(19)31-26(22)15-24(21)30(23)27(28)29-16-18-7-3-2-4-8-18/h2-12,14-17,27H,13,28H2,1H3/b29-16+. The molecule has 2 aromatic heterocycles. The second-order valence-corrected chi connectivity index (χ2v) is 8.34. The predicted molar refractivity (Wildman–Crippen MR) is 128 cm³/mol. The molecule has 0 bridgehead atoms. The van der Waals surface area contributed by atoms with Gasteiger partial charge in [-0.15, -0.1) is 0 Å². The van der Waals surface area contributed by atoms with Crippen molar-refractivity contribution in [2.75, 3.05) is 0 Å². The zero-order valence-corrected chi connectivity index (χ0v) is 17.3. The van der Waals surface area contributed by atoms with Crippen LogP contribution in [0.15, 0.2) is 82.2 Å². The molecule has 0 saturated heterocycles. The average molecular weight is 406 g/mol. The Bertz CT molecular complexity index is 1490. The van der Waals surface area contributed by atoms with E-state index in [9.17, 15) is 0 Å². The van der Waals surface area contributed by atoms with Crippen molar-refractivity contribution >= 4 is 45.1 Å². The molecule has 0 saturated carbocycles. The van der Waals surface area contributed by atoms with Crippen LogP contribution in [0.4, 0.5) is 0 Å². The van der Waals surface area contributed by atoms with Gasteiger partial charge in [-0.05, 0) is 41.7 Å². The third kappa shape index (κ3) is 2.91. The summed E-state index contributed by atoms with van der Waals surface area (Å²) >= 11 is 0. The van der Waals surface area contributed by atoms with Gasteiger partial charge < -0.3 is 8.98 Å². The van der Waals surface area contributed by atoms with E-state index in [1.165, 1.54) is 10.9 Å². The SMILES string of the molecule is CC1C=Cc2c(c3cc4c(cc3n2C(N)/N=C/c2ccccc2)oc2ccccc24)C1. The van der Waals surface area contributed by atoms with Crippen molar-refractivity contribution in [2.24, 2.45) is 16.6 Å². The highest BCUT2D eigenvalue weighted by atomic mass is 16.3. The lowest BCUT2D eigenvalue weighted by molar-refractivity contribution is 0.559. The quantitative estimate of drug-likeness (QED) is 0.359. The Hall–Kier alpha value is -3.63. The second-order valence-electron chi connectivity index (χ2n) is 8.34. The van der Waals surface area contributed by atoms with Crippen LogP contribution >= 0.6 is 0 Å². The number of hydrogen-bond acceptors (Lipinski definition) is 3. The number of aliphatic imine (C=N–C) groups is 1. The summed E-state index contributed by atoms with van der Waals surface area (Å²) in [4.78, 5) is 4.69. The first-order valence-corrected chi connectivity index (χ1v) is 10.7. The van der Waals surface area contributed by atoms with Crippen LogP contribution in [0.2, 0.25) is 0 Å². The number of fused-ring (bicyclic) bond motifs is 6. The zero-order chi connectivity index (χ0) is 20.9. The van der Waals surface area contributed by atoms with Gasteiger partial charge in [-0.2, -0.15) is 0 Å². The molecule has 2 atom stereocenters. The van der Waals surface area contributed by atoms with Gasteiger partial charge in [-0.25, -0.2) is 0 Å². The Kier molecular flexibility index (Phi) is 4.08. The van der Waals surface area contributed by atoms with Gasteiger partial charge in [-0.1, -0.05) is 61.5 Å². The molecule has 2 heterocycles. The molecular weight excluding hydrogens is 382 g/mol. The Balaban J connectivity index is 1.58. The van der Waals surface area contributed by atoms with Crippen LogP contribution in [0.25, 0.3) is 38.9 Å². The lowest BCUT2D eigenvalue weighted by atomic mass is 9.93. The third-order valence-electron chi connectivity index (χ3n) is 6.20. The molecule has 3 aromatic carbocycles. The monoisotopic (exact) mass is 405 g/mol. The first-order valence-electron chi connectivity index (χ1n) is 10.7. The van der Waals surface area contributed by atoms with Gasteiger partial charge in [-0.3, -0.25) is 10.7 Å². The summed E-state index contributed by atoms with van der Waals surface area (Å²) < 4.78 is 8.31. The Morgan fingerprint density at radius 3 is 2.68 bits per heavy atom. The maximum atomic E-state index is 6.63. The van der Waals surface area contributed by atoms with Gasteiger partial charge >= 0.3 is 0 Å². The predicted octanol–water partition coefficient (Wildman–Crippen LogP) is 6.28. The summed E-state index contributed by atoms with van der Waals surface area (Å²) in [5, 5.41) is 3.52. The summed E-state index contributed by atoms with van der Waals surface area (Å²) in [5.41, 5.74) is 13.0. The molecule has 4 heteroatoms. The molecule has 6 rings (SSSR count). The van der Waals surface area contributed by atoms with E-state index in [1.807, 2.05) is 48.7 Å². The van der Waals surface area contributed by atoms with Crippen molar-refractivity contribution in [3.63, 3.8) is 0 Å². The van der Waals surface area contributed by atoms with E-state index in [4.69, 9.17) is 10.2 Å². The number of nitrogens with two attached hydrogens (primary N) is 1. The molecule has 0 aliphatic heterocycles. The lowest BCUT2D eigenvalue weighted by Gasteiger charge is -2.17. The fourth-order valence-corrected chi connectivity index (χ4v) is 4.71. The van der Waals surface area contributed by atoms with E-state index < -0.39 is 6.29 Å². The minimum atomic E-state index is -0.522. The average Bonchev–Trinajstić information content (AvgIpc) is 3.31. The van der Waals surface area contributed by atoms with Crippen LogP contribution in [0.5, 0.6) is 0 Å². The normalized spacial score (nSPS) is 17.2. The molecule has 1 aliphatic rings. The summed E-state index contributed by atoms with van der Waals surface area (Å²) in [5.74, 6) is 0.493. The van der Waals surface area contributed by atoms with E-state index in [-0.39, 0.29) is 0 Å². The molecule has 31 heavy (non-hydrogen) atoms. The van der Waals surface area contributed by atoms with Gasteiger partial charge in [0.1, 0.15) is 11.2 Å². The van der Waals surface area contributed by atoms with Gasteiger partial charge in [0, 0.05) is 34.1 Å². The molecule has 4 nitrogen and oxygen atoms in total. The highest BCUT2D eigenvalue weighted by Gasteiger charge is 2.24. The van der Waals surface area contributed by atoms with Gasteiger partial charge in [0.15, 0.2) is 6.29 Å². The number of allylic oxidation sites excluding steroid dienone is 1. The minimum absolute atomic E-state index is 0.493. The van der Waals surface area contributed by atoms with E-state index in [0.717, 1.165) is 45.1 Å². The van der Waals surface area contributed by atoms with Gasteiger partial charge in [0.2, 0.25) is 0 Å². The van der Waals surface area contributed by atoms with Crippen LogP contribution in [-0.4, -0.2) is 10.8 Å². The van der Waals surface area contributed by atoms with Gasteiger partial charge in [0.05, 0.1) is 5.52 Å². The fraction of sp³-hybridized carbons (Fsp3) is 0.148. The number of benzene rings is 3. The highest BCUT2D eigenvalue weighted by Crippen LogP contribution is 2.39. The van der Waals surface area contributed by atoms with Crippen LogP contribution in [0.3, 0.4) is 0 Å². The van der Waals surface area contributed by atoms with Crippen molar-refractivity contribution in [3.05, 3.63) is 89.6 Å². The number of hydrogen-bond donors (Lipinski definition) is 1. The van der Waals surface area contributed by atoms with Crippen LogP contribution in [0, 0.1) is 5.92 Å². The van der Waals surface area contributed by atoms with Crippen molar-refractivity contribution in [1.29, 1.82) is 0 Å². The van der Waals surface area contributed by atoms with E-state index in [2.05, 4.69) is 52.9 Å². The number of rotatable bonds is 3. The molecule has 152 valence electrons. The zero-order valence-electron chi connectivity index (χ0n) is 17.3. The number of nitrogens with zero attached hydrogens (tertiary/aromatic N) is 2. The van der Waals surface area contributed by atoms with Crippen molar-refractivity contribution in [2.45, 2.75) is 19.6 Å². The minimum Gasteiger partial charge on any atom is -0.456 e. The topological polar surface area (TPSA) is 56.5 Å². The van der Waals surface area contributed by atoms with E-state index >= 15 is 0 Å². The molecule has 2 N–H and O–H groups in total.